The minimum Gasteiger partial charge on any atom is -0.354 e. The summed E-state index contributed by atoms with van der Waals surface area (Å²) in [6.07, 6.45) is 1.85. The minimum atomic E-state index is -4.28. The lowest BCUT2D eigenvalue weighted by Gasteiger charge is -2.34. The van der Waals surface area contributed by atoms with Gasteiger partial charge in [0, 0.05) is 34.6 Å². The van der Waals surface area contributed by atoms with E-state index in [1.165, 1.54) is 35.2 Å². The second kappa shape index (κ2) is 16.1. The normalized spacial score (nSPS) is 11.9. The van der Waals surface area contributed by atoms with Crippen molar-refractivity contribution in [3.05, 3.63) is 129 Å². The van der Waals surface area contributed by atoms with Crippen molar-refractivity contribution in [1.29, 1.82) is 0 Å². The second-order valence-corrected chi connectivity index (χ2v) is 13.6. The van der Waals surface area contributed by atoms with Crippen molar-refractivity contribution in [2.75, 3.05) is 17.4 Å². The third-order valence-electron chi connectivity index (χ3n) is 7.18. The third-order valence-corrected chi connectivity index (χ3v) is 9.82. The van der Waals surface area contributed by atoms with E-state index in [1.54, 1.807) is 42.5 Å². The van der Waals surface area contributed by atoms with E-state index in [9.17, 15) is 18.0 Å². The number of unbranched alkanes of at least 4 members (excludes halogenated alkanes) is 1. The van der Waals surface area contributed by atoms with Crippen molar-refractivity contribution in [3.63, 3.8) is 0 Å². The molecule has 4 aromatic rings. The van der Waals surface area contributed by atoms with Crippen LogP contribution in [0.2, 0.25) is 15.1 Å². The van der Waals surface area contributed by atoms with E-state index < -0.39 is 28.5 Å². The minimum absolute atomic E-state index is 0.0262. The van der Waals surface area contributed by atoms with Gasteiger partial charge < -0.3 is 10.2 Å². The second-order valence-electron chi connectivity index (χ2n) is 10.4. The molecule has 0 heterocycles. The molecular weight excluding hydrogens is 653 g/mol. The number of amides is 2. The highest BCUT2D eigenvalue weighted by Crippen LogP contribution is 2.28. The summed E-state index contributed by atoms with van der Waals surface area (Å²) in [5, 5.41) is 4.04. The monoisotopic (exact) mass is 685 g/mol. The molecule has 0 unspecified atom stereocenters. The number of sulfonamides is 1. The number of nitrogens with one attached hydrogen (secondary N) is 1. The zero-order chi connectivity index (χ0) is 32.4. The number of nitrogens with zero attached hydrogens (tertiary/aromatic N) is 2. The number of halogens is 3. The van der Waals surface area contributed by atoms with E-state index in [-0.39, 0.29) is 29.5 Å². The molecule has 0 saturated heterocycles. The van der Waals surface area contributed by atoms with Crippen LogP contribution in [0.5, 0.6) is 0 Å². The fourth-order valence-corrected chi connectivity index (χ4v) is 6.68. The van der Waals surface area contributed by atoms with Gasteiger partial charge in [-0.3, -0.25) is 13.9 Å². The largest absolute Gasteiger partial charge is 0.354 e. The number of benzene rings is 4. The topological polar surface area (TPSA) is 86.8 Å². The summed E-state index contributed by atoms with van der Waals surface area (Å²) in [5.41, 5.74) is 1.64. The maximum absolute atomic E-state index is 14.5. The number of carbonyl (C=O) groups excluding carboxylic acids is 2. The molecule has 2 amide bonds. The van der Waals surface area contributed by atoms with E-state index in [1.807, 2.05) is 37.3 Å². The first-order chi connectivity index (χ1) is 21.6. The van der Waals surface area contributed by atoms with Crippen LogP contribution >= 0.6 is 34.8 Å². The molecule has 0 radical (unpaired) electrons. The highest BCUT2D eigenvalue weighted by atomic mass is 35.5. The molecule has 4 aromatic carbocycles. The standard InChI is InChI=1S/C34H34Cl3N3O4S/c1-2-3-20-38-34(42)32(21-25-10-5-4-6-11-25)39(23-26-12-7-8-15-31(26)37)33(41)24-40(29-14-9-13-28(36)22-29)45(43,44)30-18-16-27(35)17-19-30/h4-19,22,32H,2-3,20-21,23-24H2,1H3,(H,38,42)/t32-/m0/s1. The molecule has 4 rings (SSSR count). The van der Waals surface area contributed by atoms with Gasteiger partial charge in [-0.2, -0.15) is 0 Å². The van der Waals surface area contributed by atoms with Gasteiger partial charge >= 0.3 is 0 Å². The van der Waals surface area contributed by atoms with Crippen LogP contribution in [-0.4, -0.2) is 44.3 Å². The summed E-state index contributed by atoms with van der Waals surface area (Å²) >= 11 is 18.8. The summed E-state index contributed by atoms with van der Waals surface area (Å²) in [4.78, 5) is 29.6. The van der Waals surface area contributed by atoms with E-state index in [4.69, 9.17) is 34.8 Å². The Bertz CT molecular complexity index is 1700. The molecule has 1 atom stereocenters. The number of anilines is 1. The fourth-order valence-electron chi connectivity index (χ4n) is 4.76. The van der Waals surface area contributed by atoms with Gasteiger partial charge in [-0.1, -0.05) is 103 Å². The van der Waals surface area contributed by atoms with E-state index in [2.05, 4.69) is 5.32 Å². The summed E-state index contributed by atoms with van der Waals surface area (Å²) in [7, 11) is -4.28. The third kappa shape index (κ3) is 9.23. The molecule has 11 heteroatoms. The molecule has 1 N–H and O–H groups in total. The molecule has 0 aliphatic rings. The summed E-state index contributed by atoms with van der Waals surface area (Å²) in [5.74, 6) is -0.943. The zero-order valence-corrected chi connectivity index (χ0v) is 27.8. The van der Waals surface area contributed by atoms with Crippen LogP contribution in [0.4, 0.5) is 5.69 Å². The Balaban J connectivity index is 1.80. The number of carbonyl (C=O) groups is 2. The Kier molecular flexibility index (Phi) is 12.3. The number of hydrogen-bond acceptors (Lipinski definition) is 4. The predicted molar refractivity (Wildman–Crippen MR) is 181 cm³/mol. The Morgan fingerprint density at radius 1 is 0.822 bits per heavy atom. The van der Waals surface area contributed by atoms with Gasteiger partial charge in [-0.25, -0.2) is 8.42 Å². The molecule has 0 aliphatic carbocycles. The number of rotatable bonds is 14. The van der Waals surface area contributed by atoms with Gasteiger partial charge in [0.05, 0.1) is 10.6 Å². The first kappa shape index (κ1) is 34.3. The molecule has 0 bridgehead atoms. The van der Waals surface area contributed by atoms with Crippen LogP contribution in [0.3, 0.4) is 0 Å². The van der Waals surface area contributed by atoms with Gasteiger partial charge in [0.2, 0.25) is 11.8 Å². The summed E-state index contributed by atoms with van der Waals surface area (Å²) in [6.45, 7) is 1.82. The van der Waals surface area contributed by atoms with Crippen LogP contribution in [0, 0.1) is 0 Å². The molecule has 7 nitrogen and oxygen atoms in total. The van der Waals surface area contributed by atoms with Crippen LogP contribution in [0.15, 0.2) is 108 Å². The van der Waals surface area contributed by atoms with Crippen molar-refractivity contribution in [1.82, 2.24) is 10.2 Å². The zero-order valence-electron chi connectivity index (χ0n) is 24.7. The average molecular weight is 687 g/mol. The van der Waals surface area contributed by atoms with Gasteiger partial charge in [-0.15, -0.1) is 0 Å². The first-order valence-corrected chi connectivity index (χ1v) is 17.1. The van der Waals surface area contributed by atoms with Crippen molar-refractivity contribution < 1.29 is 18.0 Å². The smallest absolute Gasteiger partial charge is 0.264 e. The van der Waals surface area contributed by atoms with E-state index in [0.717, 1.165) is 22.7 Å². The van der Waals surface area contributed by atoms with Gasteiger partial charge in [-0.05, 0) is 66.1 Å². The molecular formula is C34H34Cl3N3O4S. The Morgan fingerprint density at radius 2 is 1.51 bits per heavy atom. The Morgan fingerprint density at radius 3 is 2.18 bits per heavy atom. The molecule has 0 spiro atoms. The van der Waals surface area contributed by atoms with Crippen molar-refractivity contribution >= 4 is 62.3 Å². The Labute approximate surface area is 279 Å². The maximum atomic E-state index is 14.5. The molecule has 0 aromatic heterocycles. The molecule has 0 fully saturated rings. The summed E-state index contributed by atoms with van der Waals surface area (Å²) in [6, 6.07) is 27.4. The molecule has 236 valence electrons. The predicted octanol–water partition coefficient (Wildman–Crippen LogP) is 7.40. The van der Waals surface area contributed by atoms with Crippen LogP contribution < -0.4 is 9.62 Å². The highest BCUT2D eigenvalue weighted by molar-refractivity contribution is 7.92. The summed E-state index contributed by atoms with van der Waals surface area (Å²) < 4.78 is 29.1. The Hall–Kier alpha value is -3.56. The van der Waals surface area contributed by atoms with Crippen LogP contribution in [0.1, 0.15) is 30.9 Å². The lowest BCUT2D eigenvalue weighted by molar-refractivity contribution is -0.140. The van der Waals surface area contributed by atoms with Crippen molar-refractivity contribution in [3.8, 4) is 0 Å². The van der Waals surface area contributed by atoms with E-state index in [0.29, 0.717) is 27.2 Å². The lowest BCUT2D eigenvalue weighted by atomic mass is 10.0. The SMILES string of the molecule is CCCCNC(=O)[C@H](Cc1ccccc1)N(Cc1ccccc1Cl)C(=O)CN(c1cccc(Cl)c1)S(=O)(=O)c1ccc(Cl)cc1. The fraction of sp³-hybridized carbons (Fsp3) is 0.235. The molecule has 0 aliphatic heterocycles. The van der Waals surface area contributed by atoms with Crippen molar-refractivity contribution in [2.24, 2.45) is 0 Å². The van der Waals surface area contributed by atoms with Crippen LogP contribution in [-0.2, 0) is 32.6 Å². The number of hydrogen-bond donors (Lipinski definition) is 1. The molecule has 0 saturated carbocycles. The van der Waals surface area contributed by atoms with Crippen molar-refractivity contribution in [2.45, 2.75) is 43.7 Å². The highest BCUT2D eigenvalue weighted by Gasteiger charge is 2.35. The lowest BCUT2D eigenvalue weighted by Crippen LogP contribution is -2.53. The molecule has 45 heavy (non-hydrogen) atoms. The van der Waals surface area contributed by atoms with Crippen LogP contribution in [0.25, 0.3) is 0 Å². The van der Waals surface area contributed by atoms with Gasteiger partial charge in [0.25, 0.3) is 10.0 Å². The van der Waals surface area contributed by atoms with E-state index >= 15 is 0 Å². The quantitative estimate of drug-likeness (QED) is 0.140. The van der Waals surface area contributed by atoms with Gasteiger partial charge in [0.1, 0.15) is 12.6 Å². The first-order valence-electron chi connectivity index (χ1n) is 14.5. The van der Waals surface area contributed by atoms with Gasteiger partial charge in [0.15, 0.2) is 0 Å². The maximum Gasteiger partial charge on any atom is 0.264 e. The average Bonchev–Trinajstić information content (AvgIpc) is 3.03.